The minimum Gasteiger partial charge on any atom is -0.521 e. The summed E-state index contributed by atoms with van der Waals surface area (Å²) in [5, 5.41) is 11.1. The first-order valence-corrected chi connectivity index (χ1v) is 8.00. The van der Waals surface area contributed by atoms with Gasteiger partial charge in [-0.25, -0.2) is 0 Å². The van der Waals surface area contributed by atoms with Crippen LogP contribution in [0.25, 0.3) is 0 Å². The standard InChI is InChI=1S/C19H13BN2O4/c23-22(24)16-10-11-17-19(12-16)26-20(15-7-2-1-3-8-15)25-18-9-5-4-6-14(18)13-21-17/h1-13H. The molecule has 0 atom stereocenters. The average Bonchev–Trinajstić information content (AvgIpc) is 2.75. The molecule has 3 aromatic rings. The highest BCUT2D eigenvalue weighted by molar-refractivity contribution is 6.62. The van der Waals surface area contributed by atoms with Gasteiger partial charge in [-0.05, 0) is 18.2 Å². The summed E-state index contributed by atoms with van der Waals surface area (Å²) >= 11 is 0. The summed E-state index contributed by atoms with van der Waals surface area (Å²) < 4.78 is 12.1. The molecule has 0 radical (unpaired) electrons. The van der Waals surface area contributed by atoms with Crippen LogP contribution in [0.3, 0.4) is 0 Å². The van der Waals surface area contributed by atoms with Crippen LogP contribution in [0.4, 0.5) is 11.4 Å². The lowest BCUT2D eigenvalue weighted by molar-refractivity contribution is -0.384. The summed E-state index contributed by atoms with van der Waals surface area (Å²) in [7, 11) is -0.764. The first kappa shape index (κ1) is 15.9. The van der Waals surface area contributed by atoms with Crippen LogP contribution in [0.1, 0.15) is 5.56 Å². The van der Waals surface area contributed by atoms with Crippen LogP contribution in [0, 0.1) is 10.1 Å². The van der Waals surface area contributed by atoms with Crippen molar-refractivity contribution in [3.8, 4) is 11.5 Å². The molecule has 3 aromatic carbocycles. The van der Waals surface area contributed by atoms with E-state index in [0.29, 0.717) is 11.4 Å². The fourth-order valence-corrected chi connectivity index (χ4v) is 2.65. The molecule has 1 heterocycles. The van der Waals surface area contributed by atoms with Crippen LogP contribution in [0.15, 0.2) is 77.8 Å². The number of rotatable bonds is 2. The van der Waals surface area contributed by atoms with Gasteiger partial charge in [0.25, 0.3) is 5.69 Å². The number of nitro groups is 1. The van der Waals surface area contributed by atoms with Crippen LogP contribution >= 0.6 is 0 Å². The summed E-state index contributed by atoms with van der Waals surface area (Å²) in [5.74, 6) is 0.907. The SMILES string of the molecule is O=[N+]([O-])c1ccc2c(c1)OB(c1ccccc1)Oc1ccccc1C=N2. The van der Waals surface area contributed by atoms with Gasteiger partial charge in [0, 0.05) is 23.3 Å². The lowest BCUT2D eigenvalue weighted by atomic mass is 9.78. The molecular formula is C19H13BN2O4. The number of nitro benzene ring substituents is 1. The van der Waals surface area contributed by atoms with Crippen molar-refractivity contribution in [2.45, 2.75) is 0 Å². The van der Waals surface area contributed by atoms with Crippen LogP contribution in [-0.2, 0) is 0 Å². The van der Waals surface area contributed by atoms with Gasteiger partial charge in [-0.2, -0.15) is 0 Å². The molecule has 0 amide bonds. The minimum absolute atomic E-state index is 0.0671. The monoisotopic (exact) mass is 344 g/mol. The van der Waals surface area contributed by atoms with E-state index in [0.717, 1.165) is 11.0 Å². The first-order valence-electron chi connectivity index (χ1n) is 8.00. The Labute approximate surface area is 150 Å². The molecule has 4 rings (SSSR count). The predicted octanol–water partition coefficient (Wildman–Crippen LogP) is 3.51. The van der Waals surface area contributed by atoms with E-state index in [2.05, 4.69) is 4.99 Å². The summed E-state index contributed by atoms with van der Waals surface area (Å²) in [6.07, 6.45) is 1.66. The molecule has 0 saturated carbocycles. The molecule has 0 spiro atoms. The molecule has 0 aromatic heterocycles. The van der Waals surface area contributed by atoms with Gasteiger partial charge in [0.05, 0.1) is 11.0 Å². The number of para-hydroxylation sites is 1. The molecular weight excluding hydrogens is 331 g/mol. The maximum Gasteiger partial charge on any atom is 0.632 e. The van der Waals surface area contributed by atoms with E-state index in [1.807, 2.05) is 54.6 Å². The molecule has 7 heteroatoms. The Morgan fingerprint density at radius 1 is 0.885 bits per heavy atom. The van der Waals surface area contributed by atoms with Gasteiger partial charge in [0.2, 0.25) is 0 Å². The van der Waals surface area contributed by atoms with E-state index in [1.54, 1.807) is 12.3 Å². The van der Waals surface area contributed by atoms with Gasteiger partial charge >= 0.3 is 7.12 Å². The third-order valence-electron chi connectivity index (χ3n) is 3.96. The molecule has 6 nitrogen and oxygen atoms in total. The molecule has 0 unspecified atom stereocenters. The van der Waals surface area contributed by atoms with E-state index in [9.17, 15) is 10.1 Å². The Balaban J connectivity index is 1.85. The van der Waals surface area contributed by atoms with Crippen molar-refractivity contribution in [1.82, 2.24) is 0 Å². The zero-order valence-electron chi connectivity index (χ0n) is 13.6. The van der Waals surface area contributed by atoms with Crippen molar-refractivity contribution in [3.63, 3.8) is 0 Å². The number of fused-ring (bicyclic) bond motifs is 2. The fraction of sp³-hybridized carbons (Fsp3) is 0. The fourth-order valence-electron chi connectivity index (χ4n) is 2.65. The summed E-state index contributed by atoms with van der Waals surface area (Å²) in [5.41, 5.74) is 2.02. The van der Waals surface area contributed by atoms with Gasteiger partial charge in [0.15, 0.2) is 0 Å². The van der Waals surface area contributed by atoms with Gasteiger partial charge in [-0.3, -0.25) is 15.1 Å². The number of aliphatic imine (C=N–C) groups is 1. The predicted molar refractivity (Wildman–Crippen MR) is 99.9 cm³/mol. The highest BCUT2D eigenvalue weighted by Crippen LogP contribution is 2.33. The number of nitrogens with zero attached hydrogens (tertiary/aromatic N) is 2. The Hall–Kier alpha value is -3.61. The van der Waals surface area contributed by atoms with Crippen molar-refractivity contribution in [2.75, 3.05) is 0 Å². The summed E-state index contributed by atoms with van der Waals surface area (Å²) in [6, 6.07) is 21.2. The van der Waals surface area contributed by atoms with E-state index >= 15 is 0 Å². The van der Waals surface area contributed by atoms with Gasteiger partial charge in [0.1, 0.15) is 17.2 Å². The maximum absolute atomic E-state index is 11.1. The lowest BCUT2D eigenvalue weighted by Crippen LogP contribution is -2.42. The van der Waals surface area contributed by atoms with Crippen molar-refractivity contribution >= 4 is 30.2 Å². The molecule has 0 N–H and O–H groups in total. The number of hydrogen-bond acceptors (Lipinski definition) is 5. The van der Waals surface area contributed by atoms with Gasteiger partial charge < -0.3 is 9.31 Å². The summed E-state index contributed by atoms with van der Waals surface area (Å²) in [4.78, 5) is 15.1. The molecule has 26 heavy (non-hydrogen) atoms. The second-order valence-corrected chi connectivity index (χ2v) is 5.68. The zero-order valence-corrected chi connectivity index (χ0v) is 13.6. The molecule has 0 aliphatic carbocycles. The van der Waals surface area contributed by atoms with Crippen molar-refractivity contribution < 1.29 is 14.2 Å². The lowest BCUT2D eigenvalue weighted by Gasteiger charge is -2.17. The van der Waals surface area contributed by atoms with Crippen LogP contribution in [-0.4, -0.2) is 18.3 Å². The van der Waals surface area contributed by atoms with E-state index < -0.39 is 12.0 Å². The molecule has 126 valence electrons. The average molecular weight is 344 g/mol. The second-order valence-electron chi connectivity index (χ2n) is 5.68. The van der Waals surface area contributed by atoms with Crippen LogP contribution < -0.4 is 14.8 Å². The Morgan fingerprint density at radius 2 is 1.62 bits per heavy atom. The first-order chi connectivity index (χ1) is 12.7. The van der Waals surface area contributed by atoms with E-state index in [4.69, 9.17) is 9.31 Å². The molecule has 0 saturated heterocycles. The summed E-state index contributed by atoms with van der Waals surface area (Å²) in [6.45, 7) is 0. The molecule has 0 bridgehead atoms. The smallest absolute Gasteiger partial charge is 0.521 e. The van der Waals surface area contributed by atoms with Gasteiger partial charge in [-0.1, -0.05) is 42.5 Å². The Bertz CT molecular complexity index is 992. The normalized spacial score (nSPS) is 12.5. The van der Waals surface area contributed by atoms with E-state index in [1.165, 1.54) is 12.1 Å². The van der Waals surface area contributed by atoms with Crippen molar-refractivity contribution in [1.29, 1.82) is 0 Å². The number of hydrogen-bond donors (Lipinski definition) is 0. The minimum atomic E-state index is -0.764. The second kappa shape index (κ2) is 6.72. The number of non-ortho nitro benzene ring substituents is 1. The largest absolute Gasteiger partial charge is 0.632 e. The Kier molecular flexibility index (Phi) is 4.11. The molecule has 1 aliphatic rings. The van der Waals surface area contributed by atoms with E-state index in [-0.39, 0.29) is 11.4 Å². The Morgan fingerprint density at radius 3 is 2.42 bits per heavy atom. The molecule has 1 aliphatic heterocycles. The van der Waals surface area contributed by atoms with Crippen LogP contribution in [0.5, 0.6) is 11.5 Å². The maximum atomic E-state index is 11.1. The van der Waals surface area contributed by atoms with Crippen molar-refractivity contribution in [3.05, 3.63) is 88.5 Å². The third-order valence-corrected chi connectivity index (χ3v) is 3.96. The van der Waals surface area contributed by atoms with Gasteiger partial charge in [-0.15, -0.1) is 0 Å². The third kappa shape index (κ3) is 3.14. The molecule has 0 fully saturated rings. The van der Waals surface area contributed by atoms with Crippen LogP contribution in [0.2, 0.25) is 0 Å². The zero-order chi connectivity index (χ0) is 17.9. The highest BCUT2D eigenvalue weighted by atomic mass is 16.6. The van der Waals surface area contributed by atoms with Crippen molar-refractivity contribution in [2.24, 2.45) is 4.99 Å². The quantitative estimate of drug-likeness (QED) is 0.405. The topological polar surface area (TPSA) is 74.0 Å². The number of benzene rings is 3. The highest BCUT2D eigenvalue weighted by Gasteiger charge is 2.29.